The van der Waals surface area contributed by atoms with Crippen LogP contribution < -0.4 is 10.1 Å². The Morgan fingerprint density at radius 1 is 1.05 bits per heavy atom. The topological polar surface area (TPSA) is 72.7 Å². The zero-order chi connectivity index (χ0) is 26.5. The van der Waals surface area contributed by atoms with Gasteiger partial charge in [-0.25, -0.2) is 0 Å². The molecule has 0 radical (unpaired) electrons. The molecule has 206 valence electrons. The van der Waals surface area contributed by atoms with Crippen molar-refractivity contribution in [3.05, 3.63) is 40.6 Å². The monoisotopic (exact) mass is 520 g/mol. The molecule has 0 bridgehead atoms. The average Bonchev–Trinajstić information content (AvgIpc) is 3.60. The molecule has 1 aromatic heterocycles. The van der Waals surface area contributed by atoms with Gasteiger partial charge in [0.15, 0.2) is 0 Å². The van der Waals surface area contributed by atoms with Crippen LogP contribution >= 0.6 is 0 Å². The molecular weight excluding hydrogens is 476 g/mol. The molecule has 6 heteroatoms. The lowest BCUT2D eigenvalue weighted by molar-refractivity contribution is 0.0695. The Hall–Kier alpha value is -2.31. The molecule has 2 aromatic rings. The Labute approximate surface area is 227 Å². The number of benzene rings is 1. The molecule has 4 aliphatic rings. The number of fused-ring (bicyclic) bond motifs is 2. The third-order valence-electron chi connectivity index (χ3n) is 9.63. The van der Waals surface area contributed by atoms with E-state index >= 15 is 0 Å². The number of hydrogen-bond acceptors (Lipinski definition) is 4. The van der Waals surface area contributed by atoms with E-state index in [0.29, 0.717) is 25.7 Å². The highest BCUT2D eigenvalue weighted by Crippen LogP contribution is 2.58. The number of hydrogen-bond donors (Lipinski definition) is 2. The summed E-state index contributed by atoms with van der Waals surface area (Å²) in [5.41, 5.74) is 5.23. The molecule has 2 N–H and O–H groups in total. The molecule has 0 unspecified atom stereocenters. The molecule has 1 saturated heterocycles. The lowest BCUT2D eigenvalue weighted by atomic mass is 9.83. The van der Waals surface area contributed by atoms with Crippen molar-refractivity contribution in [1.82, 2.24) is 9.88 Å². The number of amides is 1. The maximum atomic E-state index is 13.6. The SMILES string of the molecule is Cc1c(C(=O)NC2CCOCC2)cc(-c2cc(C(C)(C)O)c3c(c2)C2(CCO3)CC2)n1CC1CCCCC1. The Morgan fingerprint density at radius 2 is 1.79 bits per heavy atom. The fourth-order valence-electron chi connectivity index (χ4n) is 7.02. The van der Waals surface area contributed by atoms with Crippen LogP contribution in [-0.2, 0) is 22.3 Å². The van der Waals surface area contributed by atoms with Crippen molar-refractivity contribution >= 4 is 5.91 Å². The predicted molar refractivity (Wildman–Crippen MR) is 149 cm³/mol. The molecule has 6 rings (SSSR count). The molecule has 2 aliphatic carbocycles. The molecule has 3 heterocycles. The number of ether oxygens (including phenoxy) is 2. The van der Waals surface area contributed by atoms with Gasteiger partial charge in [-0.2, -0.15) is 0 Å². The van der Waals surface area contributed by atoms with Crippen LogP contribution in [0.3, 0.4) is 0 Å². The van der Waals surface area contributed by atoms with Gasteiger partial charge < -0.3 is 24.5 Å². The van der Waals surface area contributed by atoms with Crippen molar-refractivity contribution in [3.63, 3.8) is 0 Å². The van der Waals surface area contributed by atoms with Crippen LogP contribution in [0.4, 0.5) is 0 Å². The second-order valence-corrected chi connectivity index (χ2v) is 12.8. The molecule has 0 atom stereocenters. The molecule has 2 aliphatic heterocycles. The van der Waals surface area contributed by atoms with Crippen LogP contribution in [0.15, 0.2) is 18.2 Å². The van der Waals surface area contributed by atoms with Crippen LogP contribution in [0.25, 0.3) is 11.3 Å². The maximum Gasteiger partial charge on any atom is 0.253 e. The summed E-state index contributed by atoms with van der Waals surface area (Å²) in [5.74, 6) is 1.52. The van der Waals surface area contributed by atoms with Gasteiger partial charge >= 0.3 is 0 Å². The molecule has 2 saturated carbocycles. The summed E-state index contributed by atoms with van der Waals surface area (Å²) in [7, 11) is 0. The summed E-state index contributed by atoms with van der Waals surface area (Å²) < 4.78 is 14.1. The van der Waals surface area contributed by atoms with Crippen molar-refractivity contribution in [2.24, 2.45) is 5.92 Å². The minimum absolute atomic E-state index is 0.0145. The second-order valence-electron chi connectivity index (χ2n) is 12.8. The van der Waals surface area contributed by atoms with Crippen LogP contribution in [0.1, 0.15) is 105 Å². The third kappa shape index (κ3) is 4.90. The van der Waals surface area contributed by atoms with Gasteiger partial charge in [-0.05, 0) is 95.4 Å². The summed E-state index contributed by atoms with van der Waals surface area (Å²) in [5, 5.41) is 14.5. The molecule has 6 nitrogen and oxygen atoms in total. The zero-order valence-electron chi connectivity index (χ0n) is 23.4. The Kier molecular flexibility index (Phi) is 6.84. The van der Waals surface area contributed by atoms with Gasteiger partial charge in [-0.1, -0.05) is 19.3 Å². The average molecular weight is 521 g/mol. The van der Waals surface area contributed by atoms with Gasteiger partial charge in [-0.15, -0.1) is 0 Å². The number of rotatable bonds is 6. The van der Waals surface area contributed by atoms with Crippen LogP contribution in [-0.4, -0.2) is 41.4 Å². The van der Waals surface area contributed by atoms with Crippen molar-refractivity contribution < 1.29 is 19.4 Å². The maximum absolute atomic E-state index is 13.6. The van der Waals surface area contributed by atoms with Gasteiger partial charge in [0.1, 0.15) is 5.75 Å². The van der Waals surface area contributed by atoms with Crippen molar-refractivity contribution in [2.45, 2.75) is 109 Å². The van der Waals surface area contributed by atoms with E-state index in [2.05, 4.69) is 35.0 Å². The third-order valence-corrected chi connectivity index (χ3v) is 9.63. The highest BCUT2D eigenvalue weighted by Gasteiger charge is 2.49. The first kappa shape index (κ1) is 25.9. The van der Waals surface area contributed by atoms with Crippen molar-refractivity contribution in [2.75, 3.05) is 19.8 Å². The molecule has 1 amide bonds. The Balaban J connectivity index is 1.44. The minimum atomic E-state index is -1.02. The van der Waals surface area contributed by atoms with Crippen LogP contribution in [0.2, 0.25) is 0 Å². The van der Waals surface area contributed by atoms with E-state index in [4.69, 9.17) is 9.47 Å². The summed E-state index contributed by atoms with van der Waals surface area (Å²) in [6.45, 7) is 8.86. The summed E-state index contributed by atoms with van der Waals surface area (Å²) in [6, 6.07) is 6.69. The summed E-state index contributed by atoms with van der Waals surface area (Å²) >= 11 is 0. The smallest absolute Gasteiger partial charge is 0.253 e. The van der Waals surface area contributed by atoms with Crippen LogP contribution in [0.5, 0.6) is 5.75 Å². The van der Waals surface area contributed by atoms with Crippen LogP contribution in [0, 0.1) is 12.8 Å². The number of nitrogens with zero attached hydrogens (tertiary/aromatic N) is 1. The van der Waals surface area contributed by atoms with Gasteiger partial charge in [0.25, 0.3) is 5.91 Å². The van der Waals surface area contributed by atoms with E-state index in [1.54, 1.807) is 0 Å². The van der Waals surface area contributed by atoms with Gasteiger partial charge in [0.2, 0.25) is 0 Å². The van der Waals surface area contributed by atoms with Gasteiger partial charge in [-0.3, -0.25) is 4.79 Å². The van der Waals surface area contributed by atoms with E-state index in [9.17, 15) is 9.90 Å². The standard InChI is InChI=1S/C32H44N2O4/c1-21-25(30(35)33-24-9-14-37-15-10-24)19-28(34(21)20-22-7-5-4-6-8-22)23-17-26(31(2,3)36)29-27(18-23)32(11-12-32)13-16-38-29/h17-19,22,24,36H,4-16,20H2,1-3H3,(H,33,35). The number of carbonyl (C=O) groups excluding carboxylic acids is 1. The van der Waals surface area contributed by atoms with E-state index in [1.807, 2.05) is 13.8 Å². The normalized spacial score (nSPS) is 21.7. The Morgan fingerprint density at radius 3 is 2.47 bits per heavy atom. The second kappa shape index (κ2) is 10.0. The predicted octanol–water partition coefficient (Wildman–Crippen LogP) is 5.99. The molecular formula is C32H44N2O4. The van der Waals surface area contributed by atoms with E-state index in [0.717, 1.165) is 59.6 Å². The molecule has 1 aromatic carbocycles. The fourth-order valence-corrected chi connectivity index (χ4v) is 7.02. The molecule has 3 fully saturated rings. The number of aliphatic hydroxyl groups is 1. The van der Waals surface area contributed by atoms with E-state index < -0.39 is 5.60 Å². The Bertz CT molecular complexity index is 1170. The first-order valence-corrected chi connectivity index (χ1v) is 14.9. The highest BCUT2D eigenvalue weighted by atomic mass is 16.5. The van der Waals surface area contributed by atoms with E-state index in [1.165, 1.54) is 50.5 Å². The largest absolute Gasteiger partial charge is 0.493 e. The molecule has 1 spiro atoms. The lowest BCUT2D eigenvalue weighted by Crippen LogP contribution is -2.39. The minimum Gasteiger partial charge on any atom is -0.493 e. The van der Waals surface area contributed by atoms with Crippen molar-refractivity contribution in [3.8, 4) is 17.0 Å². The summed E-state index contributed by atoms with van der Waals surface area (Å²) in [4.78, 5) is 13.6. The number of nitrogens with one attached hydrogen (secondary N) is 1. The number of carbonyl (C=O) groups is 1. The summed E-state index contributed by atoms with van der Waals surface area (Å²) in [6.07, 6.45) is 11.5. The van der Waals surface area contributed by atoms with Crippen molar-refractivity contribution in [1.29, 1.82) is 0 Å². The van der Waals surface area contributed by atoms with Gasteiger partial charge in [0.05, 0.1) is 17.8 Å². The number of aromatic nitrogens is 1. The quantitative estimate of drug-likeness (QED) is 0.490. The lowest BCUT2D eigenvalue weighted by Gasteiger charge is -2.32. The first-order valence-electron chi connectivity index (χ1n) is 14.9. The first-order chi connectivity index (χ1) is 18.2. The zero-order valence-corrected chi connectivity index (χ0v) is 23.4. The fraction of sp³-hybridized carbons (Fsp3) is 0.656. The highest BCUT2D eigenvalue weighted by molar-refractivity contribution is 5.97. The van der Waals surface area contributed by atoms with Gasteiger partial charge in [0, 0.05) is 53.7 Å². The molecule has 38 heavy (non-hydrogen) atoms. The van der Waals surface area contributed by atoms with E-state index in [-0.39, 0.29) is 17.4 Å².